The standard InChI is InChI=1S/C24H28FN3O5S/c1-5-17-8-9-20(15-22(17)26(2)3)28(24(30)27-10-12-34(31,32)13-11-27)16-19-7-6-18(14-21(19)25)23(29)33-4/h5-9,14-15H,1,10-13,16H2,2-4H3. The lowest BCUT2D eigenvalue weighted by molar-refractivity contribution is 0.0600. The first-order valence-electron chi connectivity index (χ1n) is 10.6. The first kappa shape index (κ1) is 25.2. The third kappa shape index (κ3) is 5.56. The molecule has 0 saturated carbocycles. The zero-order valence-electron chi connectivity index (χ0n) is 19.5. The Bertz CT molecular complexity index is 1200. The van der Waals surface area contributed by atoms with E-state index in [1.165, 1.54) is 29.0 Å². The summed E-state index contributed by atoms with van der Waals surface area (Å²) < 4.78 is 43.2. The molecule has 0 radical (unpaired) electrons. The van der Waals surface area contributed by atoms with Crippen LogP contribution in [0.25, 0.3) is 6.08 Å². The van der Waals surface area contributed by atoms with E-state index in [9.17, 15) is 22.4 Å². The highest BCUT2D eigenvalue weighted by molar-refractivity contribution is 7.91. The number of esters is 1. The number of hydrogen-bond donors (Lipinski definition) is 0. The fourth-order valence-electron chi connectivity index (χ4n) is 3.69. The number of carbonyl (C=O) groups excluding carboxylic acids is 2. The molecular weight excluding hydrogens is 461 g/mol. The van der Waals surface area contributed by atoms with Crippen molar-refractivity contribution in [3.8, 4) is 0 Å². The van der Waals surface area contributed by atoms with Crippen LogP contribution in [0.2, 0.25) is 0 Å². The van der Waals surface area contributed by atoms with Crippen LogP contribution in [-0.4, -0.2) is 71.1 Å². The minimum absolute atomic E-state index is 0.0622. The van der Waals surface area contributed by atoms with E-state index in [0.29, 0.717) is 5.69 Å². The maximum atomic E-state index is 14.9. The maximum Gasteiger partial charge on any atom is 0.337 e. The molecule has 10 heteroatoms. The normalized spacial score (nSPS) is 14.9. The van der Waals surface area contributed by atoms with E-state index < -0.39 is 27.7 Å². The summed E-state index contributed by atoms with van der Waals surface area (Å²) in [7, 11) is 1.75. The van der Waals surface area contributed by atoms with Gasteiger partial charge in [-0.25, -0.2) is 22.4 Å². The molecule has 0 aliphatic carbocycles. The molecule has 2 aromatic carbocycles. The summed E-state index contributed by atoms with van der Waals surface area (Å²) in [4.78, 5) is 30.0. The van der Waals surface area contributed by atoms with Crippen molar-refractivity contribution in [3.63, 3.8) is 0 Å². The zero-order valence-corrected chi connectivity index (χ0v) is 20.3. The second-order valence-electron chi connectivity index (χ2n) is 8.15. The maximum absolute atomic E-state index is 14.9. The summed E-state index contributed by atoms with van der Waals surface area (Å²) in [5.74, 6) is -1.55. The van der Waals surface area contributed by atoms with Crippen molar-refractivity contribution in [1.82, 2.24) is 4.90 Å². The van der Waals surface area contributed by atoms with Gasteiger partial charge in [0.25, 0.3) is 0 Å². The number of ether oxygens (including phenoxy) is 1. The van der Waals surface area contributed by atoms with E-state index in [4.69, 9.17) is 0 Å². The summed E-state index contributed by atoms with van der Waals surface area (Å²) in [6.07, 6.45) is 1.70. The van der Waals surface area contributed by atoms with Crippen molar-refractivity contribution >= 4 is 39.3 Å². The first-order chi connectivity index (χ1) is 16.1. The summed E-state index contributed by atoms with van der Waals surface area (Å²) in [6, 6.07) is 8.88. The Kier molecular flexibility index (Phi) is 7.61. The van der Waals surface area contributed by atoms with Gasteiger partial charge in [-0.1, -0.05) is 24.8 Å². The molecule has 0 bridgehead atoms. The number of sulfone groups is 1. The highest BCUT2D eigenvalue weighted by atomic mass is 32.2. The third-order valence-corrected chi connectivity index (χ3v) is 7.29. The smallest absolute Gasteiger partial charge is 0.337 e. The second kappa shape index (κ2) is 10.3. The quantitative estimate of drug-likeness (QED) is 0.580. The fraction of sp³-hybridized carbons (Fsp3) is 0.333. The average Bonchev–Trinajstić information content (AvgIpc) is 2.81. The number of amides is 2. The number of hydrogen-bond acceptors (Lipinski definition) is 6. The van der Waals surface area contributed by atoms with Crippen LogP contribution >= 0.6 is 0 Å². The lowest BCUT2D eigenvalue weighted by atomic mass is 10.1. The molecule has 0 aromatic heterocycles. The van der Waals surface area contributed by atoms with E-state index in [1.807, 2.05) is 25.1 Å². The summed E-state index contributed by atoms with van der Waals surface area (Å²) in [5, 5.41) is 0. The Morgan fingerprint density at radius 2 is 1.82 bits per heavy atom. The molecule has 1 aliphatic heterocycles. The van der Waals surface area contributed by atoms with Gasteiger partial charge in [-0.15, -0.1) is 0 Å². The van der Waals surface area contributed by atoms with Gasteiger partial charge in [-0.2, -0.15) is 0 Å². The number of carbonyl (C=O) groups is 2. The van der Waals surface area contributed by atoms with Crippen molar-refractivity contribution in [1.29, 1.82) is 0 Å². The molecule has 1 saturated heterocycles. The number of urea groups is 1. The molecule has 0 N–H and O–H groups in total. The van der Waals surface area contributed by atoms with Crippen molar-refractivity contribution in [2.75, 3.05) is 55.6 Å². The van der Waals surface area contributed by atoms with Gasteiger partial charge in [0, 0.05) is 44.1 Å². The lowest BCUT2D eigenvalue weighted by Crippen LogP contribution is -2.49. The van der Waals surface area contributed by atoms with Crippen LogP contribution in [0.4, 0.5) is 20.6 Å². The SMILES string of the molecule is C=Cc1ccc(N(Cc2ccc(C(=O)OC)cc2F)C(=O)N2CCS(=O)(=O)CC2)cc1N(C)C. The van der Waals surface area contributed by atoms with Crippen molar-refractivity contribution in [2.24, 2.45) is 0 Å². The van der Waals surface area contributed by atoms with Crippen molar-refractivity contribution in [3.05, 3.63) is 65.5 Å². The number of halogens is 1. The van der Waals surface area contributed by atoms with Gasteiger partial charge >= 0.3 is 12.0 Å². The van der Waals surface area contributed by atoms with Crippen LogP contribution in [0.5, 0.6) is 0 Å². The average molecular weight is 490 g/mol. The number of nitrogens with zero attached hydrogens (tertiary/aromatic N) is 3. The molecule has 0 spiro atoms. The molecule has 8 nitrogen and oxygen atoms in total. The van der Waals surface area contributed by atoms with E-state index >= 15 is 0 Å². The molecule has 1 aliphatic rings. The molecule has 182 valence electrons. The molecule has 34 heavy (non-hydrogen) atoms. The van der Waals surface area contributed by atoms with Gasteiger partial charge < -0.3 is 14.5 Å². The summed E-state index contributed by atoms with van der Waals surface area (Å²) in [5.41, 5.74) is 2.45. The number of methoxy groups -OCH3 is 1. The van der Waals surface area contributed by atoms with Crippen LogP contribution in [0.1, 0.15) is 21.5 Å². The third-order valence-electron chi connectivity index (χ3n) is 5.68. The molecule has 2 aromatic rings. The van der Waals surface area contributed by atoms with Crippen LogP contribution in [0.15, 0.2) is 43.0 Å². The van der Waals surface area contributed by atoms with Crippen LogP contribution in [-0.2, 0) is 21.1 Å². The lowest BCUT2D eigenvalue weighted by Gasteiger charge is -2.33. The number of anilines is 2. The van der Waals surface area contributed by atoms with E-state index in [1.54, 1.807) is 18.2 Å². The van der Waals surface area contributed by atoms with Gasteiger partial charge in [0.05, 0.1) is 30.7 Å². The van der Waals surface area contributed by atoms with Gasteiger partial charge in [0.2, 0.25) is 0 Å². The molecular formula is C24H28FN3O5S. The Hall–Kier alpha value is -3.40. The molecule has 2 amide bonds. The summed E-state index contributed by atoms with van der Waals surface area (Å²) >= 11 is 0. The second-order valence-corrected chi connectivity index (χ2v) is 10.5. The van der Waals surface area contributed by atoms with E-state index in [0.717, 1.165) is 17.3 Å². The van der Waals surface area contributed by atoms with E-state index in [-0.39, 0.29) is 42.3 Å². The van der Waals surface area contributed by atoms with Gasteiger partial charge in [0.1, 0.15) is 5.82 Å². The van der Waals surface area contributed by atoms with Gasteiger partial charge in [-0.05, 0) is 29.8 Å². The van der Waals surface area contributed by atoms with Crippen LogP contribution < -0.4 is 9.80 Å². The minimum atomic E-state index is -3.18. The fourth-order valence-corrected chi connectivity index (χ4v) is 4.90. The van der Waals surface area contributed by atoms with Crippen molar-refractivity contribution in [2.45, 2.75) is 6.54 Å². The zero-order chi connectivity index (χ0) is 25.0. The first-order valence-corrected chi connectivity index (χ1v) is 12.5. The van der Waals surface area contributed by atoms with Gasteiger partial charge in [0.15, 0.2) is 9.84 Å². The molecule has 1 heterocycles. The van der Waals surface area contributed by atoms with Crippen LogP contribution in [0.3, 0.4) is 0 Å². The van der Waals surface area contributed by atoms with E-state index in [2.05, 4.69) is 11.3 Å². The Labute approximate surface area is 199 Å². The van der Waals surface area contributed by atoms with Crippen LogP contribution in [0, 0.1) is 5.82 Å². The van der Waals surface area contributed by atoms with Gasteiger partial charge in [-0.3, -0.25) is 4.90 Å². The molecule has 0 unspecified atom stereocenters. The topological polar surface area (TPSA) is 87.2 Å². The Morgan fingerprint density at radius 3 is 2.38 bits per heavy atom. The number of rotatable bonds is 6. The largest absolute Gasteiger partial charge is 0.465 e. The molecule has 0 atom stereocenters. The Balaban J connectivity index is 2.01. The van der Waals surface area contributed by atoms with Crippen molar-refractivity contribution < 1.29 is 27.1 Å². The predicted molar refractivity (Wildman–Crippen MR) is 130 cm³/mol. The Morgan fingerprint density at radius 1 is 1.15 bits per heavy atom. The minimum Gasteiger partial charge on any atom is -0.465 e. The highest BCUT2D eigenvalue weighted by Gasteiger charge is 2.30. The summed E-state index contributed by atoms with van der Waals surface area (Å²) in [6.45, 7) is 3.83. The predicted octanol–water partition coefficient (Wildman–Crippen LogP) is 3.18. The monoisotopic (exact) mass is 489 g/mol. The number of benzene rings is 2. The highest BCUT2D eigenvalue weighted by Crippen LogP contribution is 2.29. The molecule has 1 fully saturated rings. The molecule has 3 rings (SSSR count).